The molecule has 0 saturated carbocycles. The van der Waals surface area contributed by atoms with Crippen molar-refractivity contribution in [1.82, 2.24) is 0 Å². The van der Waals surface area contributed by atoms with Gasteiger partial charge < -0.3 is 69.6 Å². The summed E-state index contributed by atoms with van der Waals surface area (Å²) in [7, 11) is -1.91. The monoisotopic (exact) mass is 1750 g/mol. The number of hydrogen-bond donors (Lipinski definition) is 2. The molecule has 10 aromatic rings. The van der Waals surface area contributed by atoms with Gasteiger partial charge in [-0.05, 0) is 127 Å². The van der Waals surface area contributed by atoms with Gasteiger partial charge in [0.05, 0.1) is 70.6 Å². The van der Waals surface area contributed by atoms with Gasteiger partial charge in [0.2, 0.25) is 28.0 Å². The zero-order valence-corrected chi connectivity index (χ0v) is 67.3. The number of aldehydes is 1. The number of furan rings is 6. The Morgan fingerprint density at radius 2 is 0.727 bits per heavy atom. The van der Waals surface area contributed by atoms with Crippen molar-refractivity contribution in [3.8, 4) is 0 Å². The second kappa shape index (κ2) is 45.2. The normalized spacial score (nSPS) is 14.9. The Balaban J connectivity index is 0.000000266. The summed E-state index contributed by atoms with van der Waals surface area (Å²) in [5, 5.41) is 18.5. The van der Waals surface area contributed by atoms with Gasteiger partial charge in [0.25, 0.3) is 0 Å². The predicted octanol–water partition coefficient (Wildman–Crippen LogP) is 24.4. The molecule has 16 nitrogen and oxygen atoms in total. The molecule has 0 radical (unpaired) electrons. The van der Waals surface area contributed by atoms with Crippen molar-refractivity contribution in [2.45, 2.75) is 182 Å². The molecule has 10 rings (SSSR count). The van der Waals surface area contributed by atoms with E-state index in [4.69, 9.17) is 50.9 Å². The topological polar surface area (TPSA) is 209 Å². The summed E-state index contributed by atoms with van der Waals surface area (Å²) in [5.74, 6) is -4.50. The van der Waals surface area contributed by atoms with Crippen LogP contribution in [0.3, 0.4) is 0 Å². The molecule has 0 aliphatic heterocycles. The zero-order chi connectivity index (χ0) is 90.1. The standard InChI is InChI=1S/C25H37F3O4Si.C16H15F3O2.C15H15F3O3.C15H13F3O3.C9H9F3O2.C6H3F3O2/c1-20(32-33(5,6)23(2,3)4)14-17-29-18-15-24(25(26,27)28,22-13-10-16-30-22)31-19-21-11-8-7-9-12-21;1-2-10-15(16(17,18)19,14-9-6-11-20-14)21-12-13-7-4-3-5-8-13;2*16-15(17,18)14(8-9-19,13-7-4-10-20-13)21-11-12-5-2-1-3-6-12;1-2-5-8(13,9(10,11)12)7-4-3-6-14-7;7-6(8,9)5(10)4-2-1-3-11-4/h7-13,16,20H,14-15,17-19H2,1-6H3;2-9,11H,1,10,12H2;1-7,10,19H,8-9,11H2;1-7,9-10H,8,11H2;2-4,6,13H,1,5H2;1-3H/t20-,24?;;;;;/m0...../s1. The van der Waals surface area contributed by atoms with E-state index in [-0.39, 0.29) is 67.7 Å². The highest BCUT2D eigenvalue weighted by Gasteiger charge is 2.63. The molecule has 0 bridgehead atoms. The number of aliphatic hydroxyl groups is 2. The molecular formula is C86H92F18O16Si. The molecule has 2 N–H and O–H groups in total. The first-order valence-corrected chi connectivity index (χ1v) is 39.8. The first-order valence-electron chi connectivity index (χ1n) is 36.8. The van der Waals surface area contributed by atoms with Gasteiger partial charge in [-0.25, -0.2) is 0 Å². The van der Waals surface area contributed by atoms with Crippen molar-refractivity contribution in [2.75, 3.05) is 19.8 Å². The Morgan fingerprint density at radius 1 is 0.413 bits per heavy atom. The number of aliphatic hydroxyl groups excluding tert-OH is 1. The van der Waals surface area contributed by atoms with E-state index in [1.807, 2.05) is 6.92 Å². The van der Waals surface area contributed by atoms with Gasteiger partial charge in [0, 0.05) is 51.4 Å². The summed E-state index contributed by atoms with van der Waals surface area (Å²) in [5.41, 5.74) is -11.0. The third kappa shape index (κ3) is 28.6. The Labute approximate surface area is 686 Å². The van der Waals surface area contributed by atoms with Crippen molar-refractivity contribution in [1.29, 1.82) is 0 Å². The molecule has 6 heterocycles. The van der Waals surface area contributed by atoms with Crippen LogP contribution in [0.15, 0.2) is 284 Å². The number of carbonyl (C=O) groups excluding carboxylic acids is 2. The molecule has 35 heteroatoms. The van der Waals surface area contributed by atoms with Crippen LogP contribution in [0.25, 0.3) is 0 Å². The lowest BCUT2D eigenvalue weighted by molar-refractivity contribution is -0.300. The molecule has 6 atom stereocenters. The third-order valence-electron chi connectivity index (χ3n) is 18.5. The maximum Gasteiger partial charge on any atom is 0.458 e. The number of carbonyl (C=O) groups is 2. The van der Waals surface area contributed by atoms with E-state index in [9.17, 15) is 93.7 Å². The highest BCUT2D eigenvalue weighted by atomic mass is 28.4. The second-order valence-electron chi connectivity index (χ2n) is 28.1. The van der Waals surface area contributed by atoms with Crippen LogP contribution in [-0.2, 0) is 87.3 Å². The smallest absolute Gasteiger partial charge is 0.458 e. The summed E-state index contributed by atoms with van der Waals surface area (Å²) in [6.45, 7) is 18.0. The summed E-state index contributed by atoms with van der Waals surface area (Å²) in [6, 6.07) is 49.4. The maximum atomic E-state index is 14.3. The molecule has 0 amide bonds. The third-order valence-corrected chi connectivity index (χ3v) is 23.1. The van der Waals surface area contributed by atoms with Crippen LogP contribution in [0.2, 0.25) is 18.1 Å². The largest absolute Gasteiger partial charge is 0.466 e. The molecule has 0 aliphatic rings. The van der Waals surface area contributed by atoms with E-state index < -0.39 is 135 Å². The maximum absolute atomic E-state index is 14.3. The van der Waals surface area contributed by atoms with Crippen LogP contribution in [-0.4, -0.2) is 93.6 Å². The second-order valence-corrected chi connectivity index (χ2v) is 32.9. The lowest BCUT2D eigenvalue weighted by atomic mass is 9.95. The molecule has 0 spiro atoms. The van der Waals surface area contributed by atoms with Gasteiger partial charge in [-0.1, -0.05) is 154 Å². The Bertz CT molecular complexity index is 4370. The zero-order valence-electron chi connectivity index (χ0n) is 66.3. The average Bonchev–Trinajstić information content (AvgIpc) is 1.18. The molecule has 0 saturated heterocycles. The van der Waals surface area contributed by atoms with E-state index in [1.165, 1.54) is 73.2 Å². The SMILES string of the molecule is C=CCC(O)(c1ccco1)C(F)(F)F.C=CCC(OCc1ccccc1)(c1ccco1)C(F)(F)F.C[C@@H](CCOCCC(OCc1ccccc1)(c1ccco1)C(F)(F)F)O[Si](C)(C)C(C)(C)C.O=C(c1ccco1)C(F)(F)F.O=CCC(OCc1ccccc1)(c1ccco1)C(F)(F)F.OCCC(OCc1ccccc1)(c1ccco1)C(F)(F)F. The summed E-state index contributed by atoms with van der Waals surface area (Å²) < 4.78 is 299. The minimum Gasteiger partial charge on any atom is -0.466 e. The van der Waals surface area contributed by atoms with Crippen molar-refractivity contribution in [3.05, 3.63) is 314 Å². The van der Waals surface area contributed by atoms with E-state index in [0.717, 1.165) is 49.3 Å². The van der Waals surface area contributed by atoms with Crippen molar-refractivity contribution in [3.63, 3.8) is 0 Å². The summed E-state index contributed by atoms with van der Waals surface area (Å²) >= 11 is 0. The van der Waals surface area contributed by atoms with Gasteiger partial charge in [0.1, 0.15) is 35.1 Å². The number of alkyl halides is 18. The number of benzene rings is 4. The fourth-order valence-corrected chi connectivity index (χ4v) is 12.4. The Morgan fingerprint density at radius 3 is 1.01 bits per heavy atom. The minimum absolute atomic E-state index is 0.0299. The van der Waals surface area contributed by atoms with Crippen LogP contribution in [0.1, 0.15) is 128 Å². The lowest BCUT2D eigenvalue weighted by Gasteiger charge is -2.38. The quantitative estimate of drug-likeness (QED) is 0.00959. The number of ketones is 1. The number of ether oxygens (including phenoxy) is 5. The molecule has 0 fully saturated rings. The first kappa shape index (κ1) is 102. The van der Waals surface area contributed by atoms with Crippen molar-refractivity contribution in [2.24, 2.45) is 0 Å². The Kier molecular flexibility index (Phi) is 38.0. The summed E-state index contributed by atoms with van der Waals surface area (Å²) in [4.78, 5) is 21.1. The minimum atomic E-state index is -4.85. The fraction of sp³-hybridized carbons (Fsp3) is 0.372. The summed E-state index contributed by atoms with van der Waals surface area (Å²) in [6.07, 6.45) is -21.6. The van der Waals surface area contributed by atoms with Gasteiger partial charge in [-0.15, -0.1) is 13.2 Å². The first-order chi connectivity index (χ1) is 56.7. The molecule has 0 aliphatic carbocycles. The van der Waals surface area contributed by atoms with Gasteiger partial charge in [0.15, 0.2) is 14.1 Å². The van der Waals surface area contributed by atoms with E-state index in [1.54, 1.807) is 121 Å². The number of rotatable bonds is 34. The van der Waals surface area contributed by atoms with Crippen LogP contribution in [0.4, 0.5) is 79.0 Å². The van der Waals surface area contributed by atoms with Crippen LogP contribution >= 0.6 is 0 Å². The van der Waals surface area contributed by atoms with Crippen LogP contribution < -0.4 is 0 Å². The van der Waals surface area contributed by atoms with Crippen LogP contribution in [0, 0.1) is 0 Å². The van der Waals surface area contributed by atoms with Crippen LogP contribution in [0.5, 0.6) is 0 Å². The number of halogens is 18. The predicted molar refractivity (Wildman–Crippen MR) is 408 cm³/mol. The number of Topliss-reactive ketones (excluding diaryl/α,β-unsaturated/α-hetero) is 1. The highest BCUT2D eigenvalue weighted by molar-refractivity contribution is 6.74. The van der Waals surface area contributed by atoms with E-state index in [2.05, 4.69) is 55.9 Å². The number of hydrogen-bond acceptors (Lipinski definition) is 16. The molecule has 5 unspecified atom stereocenters. The molecule has 6 aromatic heterocycles. The molecule has 121 heavy (non-hydrogen) atoms. The molecule has 4 aromatic carbocycles. The van der Waals surface area contributed by atoms with Crippen molar-refractivity contribution < 1.29 is 153 Å². The average molecular weight is 1750 g/mol. The highest BCUT2D eigenvalue weighted by Crippen LogP contribution is 2.51. The van der Waals surface area contributed by atoms with E-state index >= 15 is 0 Å². The molecule has 662 valence electrons. The van der Waals surface area contributed by atoms with Gasteiger partial charge in [-0.2, -0.15) is 79.0 Å². The van der Waals surface area contributed by atoms with Gasteiger partial charge in [-0.3, -0.25) is 4.79 Å². The lowest BCUT2D eigenvalue weighted by Crippen LogP contribution is -2.45. The Hall–Kier alpha value is -9.98. The van der Waals surface area contributed by atoms with Crippen molar-refractivity contribution >= 4 is 20.4 Å². The fourth-order valence-electron chi connectivity index (χ4n) is 11.0. The van der Waals surface area contributed by atoms with E-state index in [0.29, 0.717) is 35.3 Å². The molecular weight excluding hydrogens is 1660 g/mol. The van der Waals surface area contributed by atoms with Gasteiger partial charge >= 0.3 is 42.8 Å².